The van der Waals surface area contributed by atoms with Crippen molar-refractivity contribution in [1.82, 2.24) is 0 Å². The Morgan fingerprint density at radius 2 is 1.35 bits per heavy atom. The molecule has 0 aromatic heterocycles. The predicted octanol–water partition coefficient (Wildman–Crippen LogP) is 0.208. The Morgan fingerprint density at radius 3 is 1.71 bits per heavy atom. The Hall–Kier alpha value is -2.64. The minimum Gasteiger partial charge on any atom is -0.504 e. The van der Waals surface area contributed by atoms with Crippen LogP contribution in [0.5, 0.6) is 23.0 Å². The highest BCUT2D eigenvalue weighted by atomic mass is 16.5. The van der Waals surface area contributed by atoms with E-state index < -0.39 is 46.1 Å². The number of hydrogen-bond acceptors (Lipinski definition) is 6. The van der Waals surface area contributed by atoms with Crippen molar-refractivity contribution >= 4 is 11.9 Å². The number of hydrogen-bond donors (Lipinski definition) is 5. The van der Waals surface area contributed by atoms with Crippen LogP contribution in [-0.2, 0) is 0 Å². The SMILES string of the molecule is COc1c(O)c(O)c(O)c(C(=O)O)c1C(=O)O. The molecule has 0 bridgehead atoms. The molecule has 8 nitrogen and oxygen atoms in total. The molecule has 5 N–H and O–H groups in total. The van der Waals surface area contributed by atoms with Gasteiger partial charge in [-0.25, -0.2) is 9.59 Å². The van der Waals surface area contributed by atoms with E-state index in [-0.39, 0.29) is 0 Å². The summed E-state index contributed by atoms with van der Waals surface area (Å²) < 4.78 is 4.50. The Labute approximate surface area is 93.9 Å². The summed E-state index contributed by atoms with van der Waals surface area (Å²) in [5.41, 5.74) is -2.02. The van der Waals surface area contributed by atoms with E-state index in [4.69, 9.17) is 10.2 Å². The second-order valence-electron chi connectivity index (χ2n) is 2.94. The molecule has 0 aliphatic rings. The van der Waals surface area contributed by atoms with Gasteiger partial charge >= 0.3 is 11.9 Å². The average molecular weight is 244 g/mol. The van der Waals surface area contributed by atoms with Crippen LogP contribution in [-0.4, -0.2) is 44.6 Å². The number of rotatable bonds is 3. The van der Waals surface area contributed by atoms with Crippen LogP contribution in [0.2, 0.25) is 0 Å². The van der Waals surface area contributed by atoms with Gasteiger partial charge in [0.2, 0.25) is 11.5 Å². The summed E-state index contributed by atoms with van der Waals surface area (Å²) in [6.45, 7) is 0. The Balaban J connectivity index is 3.86. The normalized spacial score (nSPS) is 9.94. The van der Waals surface area contributed by atoms with Crippen LogP contribution in [0.25, 0.3) is 0 Å². The van der Waals surface area contributed by atoms with E-state index in [0.717, 1.165) is 7.11 Å². The highest BCUT2D eigenvalue weighted by Gasteiger charge is 2.31. The molecule has 1 rings (SSSR count). The summed E-state index contributed by atoms with van der Waals surface area (Å²) in [5.74, 6) is -7.71. The van der Waals surface area contributed by atoms with Crippen LogP contribution >= 0.6 is 0 Å². The van der Waals surface area contributed by atoms with E-state index >= 15 is 0 Å². The van der Waals surface area contributed by atoms with Crippen molar-refractivity contribution in [2.45, 2.75) is 0 Å². The Morgan fingerprint density at radius 1 is 0.882 bits per heavy atom. The smallest absolute Gasteiger partial charge is 0.340 e. The minimum absolute atomic E-state index is 0.745. The van der Waals surface area contributed by atoms with Crippen molar-refractivity contribution in [2.75, 3.05) is 7.11 Å². The number of aromatic carboxylic acids is 2. The van der Waals surface area contributed by atoms with E-state index in [1.165, 1.54) is 0 Å². The first-order chi connectivity index (χ1) is 7.82. The highest BCUT2D eigenvalue weighted by Crippen LogP contribution is 2.47. The zero-order valence-electron chi connectivity index (χ0n) is 8.46. The lowest BCUT2D eigenvalue weighted by Gasteiger charge is -2.13. The maximum atomic E-state index is 10.9. The first kappa shape index (κ1) is 12.4. The fraction of sp³-hybridized carbons (Fsp3) is 0.111. The van der Waals surface area contributed by atoms with Crippen LogP contribution in [0.3, 0.4) is 0 Å². The number of ether oxygens (including phenoxy) is 1. The standard InChI is InChI=1S/C9H8O8/c1-17-7-3(9(15)16)2(8(13)14)4(10)5(11)6(7)12/h10-12H,1H3,(H,13,14)(H,15,16). The molecule has 0 fully saturated rings. The van der Waals surface area contributed by atoms with Gasteiger partial charge in [-0.1, -0.05) is 0 Å². The maximum Gasteiger partial charge on any atom is 0.340 e. The third-order valence-corrected chi connectivity index (χ3v) is 2.01. The lowest BCUT2D eigenvalue weighted by Crippen LogP contribution is -2.10. The molecule has 0 heterocycles. The van der Waals surface area contributed by atoms with Crippen molar-refractivity contribution in [3.05, 3.63) is 11.1 Å². The van der Waals surface area contributed by atoms with Crippen LogP contribution in [0.1, 0.15) is 20.7 Å². The molecule has 0 radical (unpaired) electrons. The zero-order chi connectivity index (χ0) is 13.3. The van der Waals surface area contributed by atoms with Gasteiger partial charge in [0, 0.05) is 0 Å². The predicted molar refractivity (Wildman–Crippen MR) is 51.9 cm³/mol. The lowest BCUT2D eigenvalue weighted by atomic mass is 10.0. The van der Waals surface area contributed by atoms with E-state index in [0.29, 0.717) is 0 Å². The topological polar surface area (TPSA) is 145 Å². The minimum atomic E-state index is -1.78. The van der Waals surface area contributed by atoms with Crippen molar-refractivity contribution in [1.29, 1.82) is 0 Å². The second-order valence-corrected chi connectivity index (χ2v) is 2.94. The van der Waals surface area contributed by atoms with Crippen molar-refractivity contribution < 1.29 is 39.9 Å². The summed E-state index contributed by atoms with van der Waals surface area (Å²) in [6, 6.07) is 0. The van der Waals surface area contributed by atoms with Gasteiger partial charge in [-0.15, -0.1) is 0 Å². The van der Waals surface area contributed by atoms with Crippen LogP contribution in [0.15, 0.2) is 0 Å². The Bertz CT molecular complexity index is 504. The van der Waals surface area contributed by atoms with Gasteiger partial charge in [0.1, 0.15) is 11.1 Å². The summed E-state index contributed by atoms with van der Waals surface area (Å²) >= 11 is 0. The summed E-state index contributed by atoms with van der Waals surface area (Å²) in [7, 11) is 0.976. The lowest BCUT2D eigenvalue weighted by molar-refractivity contribution is 0.0643. The van der Waals surface area contributed by atoms with Gasteiger partial charge in [0.15, 0.2) is 11.5 Å². The summed E-state index contributed by atoms with van der Waals surface area (Å²) in [6.07, 6.45) is 0. The first-order valence-electron chi connectivity index (χ1n) is 4.14. The molecule has 0 unspecified atom stereocenters. The number of carbonyl (C=O) groups is 2. The molecule has 0 amide bonds. The third kappa shape index (κ3) is 1.75. The molecule has 0 saturated carbocycles. The van der Waals surface area contributed by atoms with Gasteiger partial charge in [-0.05, 0) is 0 Å². The summed E-state index contributed by atoms with van der Waals surface area (Å²) in [5, 5.41) is 45.4. The molecule has 92 valence electrons. The third-order valence-electron chi connectivity index (χ3n) is 2.01. The fourth-order valence-corrected chi connectivity index (χ4v) is 1.30. The molecular weight excluding hydrogens is 236 g/mol. The van der Waals surface area contributed by atoms with Crippen LogP contribution in [0.4, 0.5) is 0 Å². The number of methoxy groups -OCH3 is 1. The highest BCUT2D eigenvalue weighted by molar-refractivity contribution is 6.07. The molecule has 0 aliphatic heterocycles. The fourth-order valence-electron chi connectivity index (χ4n) is 1.30. The van der Waals surface area contributed by atoms with E-state index in [1.807, 2.05) is 0 Å². The average Bonchev–Trinajstić information content (AvgIpc) is 2.24. The van der Waals surface area contributed by atoms with Crippen molar-refractivity contribution in [3.63, 3.8) is 0 Å². The second kappa shape index (κ2) is 4.08. The number of carboxylic acids is 2. The quantitative estimate of drug-likeness (QED) is 0.474. The van der Waals surface area contributed by atoms with Gasteiger partial charge in [-0.3, -0.25) is 0 Å². The van der Waals surface area contributed by atoms with E-state index in [2.05, 4.69) is 4.74 Å². The molecule has 1 aromatic rings. The van der Waals surface area contributed by atoms with E-state index in [9.17, 15) is 24.9 Å². The van der Waals surface area contributed by atoms with Gasteiger partial charge in [0.25, 0.3) is 0 Å². The maximum absolute atomic E-state index is 10.9. The van der Waals surface area contributed by atoms with Crippen LogP contribution in [0, 0.1) is 0 Å². The van der Waals surface area contributed by atoms with Gasteiger partial charge < -0.3 is 30.3 Å². The number of phenolic OH excluding ortho intramolecular Hbond substituents is 2. The molecule has 0 spiro atoms. The largest absolute Gasteiger partial charge is 0.504 e. The number of benzene rings is 1. The number of phenols is 3. The first-order valence-corrected chi connectivity index (χ1v) is 4.14. The monoisotopic (exact) mass is 244 g/mol. The molecular formula is C9H8O8. The van der Waals surface area contributed by atoms with Gasteiger partial charge in [-0.2, -0.15) is 0 Å². The van der Waals surface area contributed by atoms with Crippen molar-refractivity contribution in [3.8, 4) is 23.0 Å². The number of carboxylic acid groups (broad SMARTS) is 2. The van der Waals surface area contributed by atoms with Gasteiger partial charge in [0.05, 0.1) is 7.11 Å². The van der Waals surface area contributed by atoms with Crippen LogP contribution < -0.4 is 4.74 Å². The molecule has 17 heavy (non-hydrogen) atoms. The molecule has 0 atom stereocenters. The Kier molecular flexibility index (Phi) is 2.98. The molecule has 1 aromatic carbocycles. The zero-order valence-corrected chi connectivity index (χ0v) is 8.46. The summed E-state index contributed by atoms with van der Waals surface area (Å²) in [4.78, 5) is 21.7. The number of aromatic hydroxyl groups is 3. The molecule has 0 aliphatic carbocycles. The van der Waals surface area contributed by atoms with E-state index in [1.54, 1.807) is 0 Å². The van der Waals surface area contributed by atoms with Crippen molar-refractivity contribution in [2.24, 2.45) is 0 Å². The molecule has 8 heteroatoms. The molecule has 0 saturated heterocycles.